The largest absolute Gasteiger partial charge is 0.481 e. The standard InChI is InChI=1S/C16H24N4O2/c1-22-15-12(5-4-8-17-15)11-18-16(21)19-13-7-10-20-9-3-2-6-14(13)20/h4-5,8,13-14H,2-3,6-7,9-11H2,1H3,(H2,18,19,21)/t13-,14+/m1/s1. The summed E-state index contributed by atoms with van der Waals surface area (Å²) in [6.07, 6.45) is 6.48. The number of carbonyl (C=O) groups excluding carboxylic acids is 1. The van der Waals surface area contributed by atoms with Gasteiger partial charge in [0.05, 0.1) is 7.11 Å². The molecule has 2 amide bonds. The number of aromatic nitrogens is 1. The molecular weight excluding hydrogens is 280 g/mol. The van der Waals surface area contributed by atoms with Crippen molar-refractivity contribution in [2.75, 3.05) is 20.2 Å². The summed E-state index contributed by atoms with van der Waals surface area (Å²) in [7, 11) is 1.59. The second-order valence-electron chi connectivity index (χ2n) is 5.99. The lowest BCUT2D eigenvalue weighted by molar-refractivity contribution is 0.179. The van der Waals surface area contributed by atoms with E-state index in [4.69, 9.17) is 4.74 Å². The van der Waals surface area contributed by atoms with E-state index >= 15 is 0 Å². The van der Waals surface area contributed by atoms with Gasteiger partial charge in [0.25, 0.3) is 0 Å². The van der Waals surface area contributed by atoms with Crippen LogP contribution in [0.1, 0.15) is 31.2 Å². The van der Waals surface area contributed by atoms with Crippen molar-refractivity contribution in [1.82, 2.24) is 20.5 Å². The fourth-order valence-corrected chi connectivity index (χ4v) is 3.55. The molecule has 1 aromatic rings. The molecule has 2 aliphatic heterocycles. The van der Waals surface area contributed by atoms with Crippen LogP contribution in [0.15, 0.2) is 18.3 Å². The minimum Gasteiger partial charge on any atom is -0.481 e. The van der Waals surface area contributed by atoms with Crippen LogP contribution in [0.2, 0.25) is 0 Å². The van der Waals surface area contributed by atoms with Gasteiger partial charge in [-0.15, -0.1) is 0 Å². The van der Waals surface area contributed by atoms with Crippen molar-refractivity contribution >= 4 is 6.03 Å². The minimum atomic E-state index is -0.108. The lowest BCUT2D eigenvalue weighted by Gasteiger charge is -2.32. The maximum Gasteiger partial charge on any atom is 0.315 e. The highest BCUT2D eigenvalue weighted by molar-refractivity contribution is 5.74. The number of hydrogen-bond acceptors (Lipinski definition) is 4. The molecular formula is C16H24N4O2. The highest BCUT2D eigenvalue weighted by Gasteiger charge is 2.36. The average molecular weight is 304 g/mol. The van der Waals surface area contributed by atoms with Crippen LogP contribution in [-0.2, 0) is 6.54 Å². The van der Waals surface area contributed by atoms with Crippen LogP contribution in [0.3, 0.4) is 0 Å². The first-order valence-electron chi connectivity index (χ1n) is 8.04. The van der Waals surface area contributed by atoms with Crippen LogP contribution in [0.5, 0.6) is 5.88 Å². The van der Waals surface area contributed by atoms with E-state index in [1.807, 2.05) is 12.1 Å². The maximum atomic E-state index is 12.1. The molecule has 2 N–H and O–H groups in total. The first kappa shape index (κ1) is 15.1. The molecule has 3 rings (SSSR count). The molecule has 1 aromatic heterocycles. The third kappa shape index (κ3) is 3.32. The molecule has 2 fully saturated rings. The fraction of sp³-hybridized carbons (Fsp3) is 0.625. The lowest BCUT2D eigenvalue weighted by atomic mass is 9.99. The Balaban J connectivity index is 1.50. The molecule has 0 radical (unpaired) electrons. The number of methoxy groups -OCH3 is 1. The topological polar surface area (TPSA) is 66.5 Å². The Bertz CT molecular complexity index is 523. The van der Waals surface area contributed by atoms with Crippen molar-refractivity contribution in [3.8, 4) is 5.88 Å². The summed E-state index contributed by atoms with van der Waals surface area (Å²) < 4.78 is 5.19. The van der Waals surface area contributed by atoms with E-state index in [2.05, 4.69) is 20.5 Å². The number of carbonyl (C=O) groups is 1. The van der Waals surface area contributed by atoms with Gasteiger partial charge in [-0.1, -0.05) is 12.5 Å². The number of urea groups is 1. The van der Waals surface area contributed by atoms with Gasteiger partial charge in [0.2, 0.25) is 5.88 Å². The molecule has 0 aliphatic carbocycles. The Morgan fingerprint density at radius 1 is 1.41 bits per heavy atom. The number of piperidine rings is 1. The highest BCUT2D eigenvalue weighted by atomic mass is 16.5. The second kappa shape index (κ2) is 6.96. The third-order valence-corrected chi connectivity index (χ3v) is 4.66. The van der Waals surface area contributed by atoms with Crippen LogP contribution in [-0.4, -0.2) is 48.2 Å². The molecule has 2 atom stereocenters. The number of nitrogens with one attached hydrogen (secondary N) is 2. The Labute approximate surface area is 131 Å². The van der Waals surface area contributed by atoms with Gasteiger partial charge in [0.15, 0.2) is 0 Å². The van der Waals surface area contributed by atoms with Gasteiger partial charge >= 0.3 is 6.03 Å². The molecule has 0 saturated carbocycles. The number of ether oxygens (including phenoxy) is 1. The summed E-state index contributed by atoms with van der Waals surface area (Å²) in [6, 6.07) is 4.44. The summed E-state index contributed by atoms with van der Waals surface area (Å²) >= 11 is 0. The van der Waals surface area contributed by atoms with Gasteiger partial charge in [0.1, 0.15) is 0 Å². The van der Waals surface area contributed by atoms with Crippen molar-refractivity contribution < 1.29 is 9.53 Å². The van der Waals surface area contributed by atoms with E-state index in [-0.39, 0.29) is 12.1 Å². The summed E-state index contributed by atoms with van der Waals surface area (Å²) in [5.41, 5.74) is 0.880. The number of amides is 2. The Morgan fingerprint density at radius 2 is 2.32 bits per heavy atom. The molecule has 0 aromatic carbocycles. The zero-order chi connectivity index (χ0) is 15.4. The van der Waals surface area contributed by atoms with Gasteiger partial charge in [0, 0.05) is 36.9 Å². The summed E-state index contributed by atoms with van der Waals surface area (Å²) in [6.45, 7) is 2.70. The SMILES string of the molecule is COc1ncccc1CNC(=O)N[C@@H]1CCN2CCCC[C@@H]12. The summed E-state index contributed by atoms with van der Waals surface area (Å²) in [4.78, 5) is 18.8. The summed E-state index contributed by atoms with van der Waals surface area (Å²) in [5.74, 6) is 0.558. The summed E-state index contributed by atoms with van der Waals surface area (Å²) in [5, 5.41) is 6.04. The van der Waals surface area contributed by atoms with Crippen molar-refractivity contribution in [2.45, 2.75) is 44.3 Å². The first-order chi connectivity index (χ1) is 10.8. The van der Waals surface area contributed by atoms with Gasteiger partial charge in [-0.25, -0.2) is 9.78 Å². The Morgan fingerprint density at radius 3 is 3.18 bits per heavy atom. The number of rotatable bonds is 4. The molecule has 3 heterocycles. The van der Waals surface area contributed by atoms with Gasteiger partial charge < -0.3 is 15.4 Å². The Hall–Kier alpha value is -1.82. The zero-order valence-corrected chi connectivity index (χ0v) is 13.0. The second-order valence-corrected chi connectivity index (χ2v) is 5.99. The molecule has 2 saturated heterocycles. The average Bonchev–Trinajstić information content (AvgIpc) is 2.96. The normalized spacial score (nSPS) is 24.6. The van der Waals surface area contributed by atoms with Crippen LogP contribution < -0.4 is 15.4 Å². The smallest absolute Gasteiger partial charge is 0.315 e. The predicted octanol–water partition coefficient (Wildman–Crippen LogP) is 1.52. The maximum absolute atomic E-state index is 12.1. The van der Waals surface area contributed by atoms with Crippen molar-refractivity contribution in [3.63, 3.8) is 0 Å². The molecule has 22 heavy (non-hydrogen) atoms. The molecule has 120 valence electrons. The molecule has 2 aliphatic rings. The van der Waals surface area contributed by atoms with E-state index in [0.717, 1.165) is 18.5 Å². The van der Waals surface area contributed by atoms with Crippen LogP contribution in [0.4, 0.5) is 4.79 Å². The van der Waals surface area contributed by atoms with Gasteiger partial charge in [-0.05, 0) is 31.9 Å². The minimum absolute atomic E-state index is 0.108. The number of pyridine rings is 1. The lowest BCUT2D eigenvalue weighted by Crippen LogP contribution is -2.49. The fourth-order valence-electron chi connectivity index (χ4n) is 3.55. The van der Waals surface area contributed by atoms with Gasteiger partial charge in [-0.3, -0.25) is 4.90 Å². The van der Waals surface area contributed by atoms with E-state index in [1.165, 1.54) is 25.8 Å². The van der Waals surface area contributed by atoms with Crippen molar-refractivity contribution in [1.29, 1.82) is 0 Å². The van der Waals surface area contributed by atoms with Crippen LogP contribution in [0, 0.1) is 0 Å². The Kier molecular flexibility index (Phi) is 4.77. The quantitative estimate of drug-likeness (QED) is 0.885. The molecule has 6 heteroatoms. The molecule has 0 spiro atoms. The molecule has 6 nitrogen and oxygen atoms in total. The van der Waals surface area contributed by atoms with Crippen LogP contribution >= 0.6 is 0 Å². The van der Waals surface area contributed by atoms with E-state index in [1.54, 1.807) is 13.3 Å². The molecule has 0 bridgehead atoms. The van der Waals surface area contributed by atoms with Crippen LogP contribution in [0.25, 0.3) is 0 Å². The number of hydrogen-bond donors (Lipinski definition) is 2. The predicted molar refractivity (Wildman–Crippen MR) is 83.8 cm³/mol. The first-order valence-corrected chi connectivity index (χ1v) is 8.04. The van der Waals surface area contributed by atoms with E-state index in [0.29, 0.717) is 18.5 Å². The molecule has 0 unspecified atom stereocenters. The number of fused-ring (bicyclic) bond motifs is 1. The van der Waals surface area contributed by atoms with Crippen molar-refractivity contribution in [2.24, 2.45) is 0 Å². The van der Waals surface area contributed by atoms with E-state index in [9.17, 15) is 4.79 Å². The highest BCUT2D eigenvalue weighted by Crippen LogP contribution is 2.27. The van der Waals surface area contributed by atoms with Gasteiger partial charge in [-0.2, -0.15) is 0 Å². The van der Waals surface area contributed by atoms with E-state index < -0.39 is 0 Å². The zero-order valence-electron chi connectivity index (χ0n) is 13.0. The third-order valence-electron chi connectivity index (χ3n) is 4.66. The monoisotopic (exact) mass is 304 g/mol. The van der Waals surface area contributed by atoms with Crippen molar-refractivity contribution in [3.05, 3.63) is 23.9 Å². The number of nitrogens with zero attached hydrogens (tertiary/aromatic N) is 2.